The van der Waals surface area contributed by atoms with Crippen LogP contribution >= 0.6 is 0 Å². The lowest BCUT2D eigenvalue weighted by atomic mass is 9.76. The van der Waals surface area contributed by atoms with Gasteiger partial charge in [-0.1, -0.05) is 31.2 Å². The zero-order valence-corrected chi connectivity index (χ0v) is 16.3. The highest BCUT2D eigenvalue weighted by Gasteiger charge is 2.33. The van der Waals surface area contributed by atoms with Gasteiger partial charge < -0.3 is 9.67 Å². The Kier molecular flexibility index (Phi) is 5.32. The first-order valence-corrected chi connectivity index (χ1v) is 9.26. The Balaban J connectivity index is 2.07. The smallest absolute Gasteiger partial charge is 0.305 e. The maximum atomic E-state index is 11.3. The van der Waals surface area contributed by atoms with Crippen molar-refractivity contribution in [2.24, 2.45) is 0 Å². The van der Waals surface area contributed by atoms with Crippen molar-refractivity contribution in [2.45, 2.75) is 39.0 Å². The van der Waals surface area contributed by atoms with Crippen LogP contribution in [-0.4, -0.2) is 20.6 Å². The van der Waals surface area contributed by atoms with Crippen LogP contribution in [0.5, 0.6) is 0 Å². The topological polar surface area (TPSA) is 78.9 Å². The molecule has 5 heteroatoms. The molecule has 1 aromatic carbocycles. The van der Waals surface area contributed by atoms with E-state index in [1.54, 1.807) is 0 Å². The van der Waals surface area contributed by atoms with E-state index in [9.17, 15) is 15.2 Å². The fourth-order valence-corrected chi connectivity index (χ4v) is 3.59. The minimum Gasteiger partial charge on any atom is -0.481 e. The average molecular weight is 373 g/mol. The molecular weight excluding hydrogens is 350 g/mol. The Morgan fingerprint density at radius 2 is 1.82 bits per heavy atom. The van der Waals surface area contributed by atoms with Crippen LogP contribution < -0.4 is 0 Å². The molecule has 28 heavy (non-hydrogen) atoms. The van der Waals surface area contributed by atoms with Crippen LogP contribution in [-0.2, 0) is 10.2 Å². The van der Waals surface area contributed by atoms with E-state index in [-0.39, 0.29) is 6.42 Å². The summed E-state index contributed by atoms with van der Waals surface area (Å²) >= 11 is 0. The number of carboxylic acids is 1. The Hall–Kier alpha value is -3.39. The standard InChI is InChI=1S/C23H23N3O2/c1-4-23(15-24,14-22(27)28)19-8-5-7-18(13-19)20-9-6-10-21(25-20)26-16(2)11-12-17(26)3/h5-13H,4,14H2,1-3H3,(H,27,28). The zero-order valence-electron chi connectivity index (χ0n) is 16.3. The van der Waals surface area contributed by atoms with Gasteiger partial charge in [-0.3, -0.25) is 4.79 Å². The van der Waals surface area contributed by atoms with Gasteiger partial charge in [0.15, 0.2) is 0 Å². The SMILES string of the molecule is CCC(C#N)(CC(=O)O)c1cccc(-c2cccc(-n3c(C)ccc3C)n2)c1. The Bertz CT molecular complexity index is 1040. The third-order valence-electron chi connectivity index (χ3n) is 5.22. The number of aliphatic carboxylic acids is 1. The van der Waals surface area contributed by atoms with E-state index in [1.165, 1.54) is 0 Å². The van der Waals surface area contributed by atoms with E-state index in [4.69, 9.17) is 4.98 Å². The largest absolute Gasteiger partial charge is 0.481 e. The summed E-state index contributed by atoms with van der Waals surface area (Å²) in [5, 5.41) is 19.0. The first-order chi connectivity index (χ1) is 13.4. The molecule has 1 N–H and O–H groups in total. The summed E-state index contributed by atoms with van der Waals surface area (Å²) in [5.74, 6) is -0.150. The fraction of sp³-hybridized carbons (Fsp3) is 0.261. The van der Waals surface area contributed by atoms with E-state index in [1.807, 2.05) is 63.2 Å². The molecule has 1 atom stereocenters. The lowest BCUT2D eigenvalue weighted by Gasteiger charge is -2.24. The molecule has 0 fully saturated rings. The van der Waals surface area contributed by atoms with Crippen molar-refractivity contribution in [1.29, 1.82) is 5.26 Å². The van der Waals surface area contributed by atoms with Gasteiger partial charge in [0.1, 0.15) is 5.82 Å². The summed E-state index contributed by atoms with van der Waals surface area (Å²) in [5.41, 5.74) is 3.51. The van der Waals surface area contributed by atoms with E-state index >= 15 is 0 Å². The molecule has 0 aliphatic rings. The molecule has 0 bridgehead atoms. The molecule has 0 amide bonds. The maximum Gasteiger partial charge on any atom is 0.305 e. The summed E-state index contributed by atoms with van der Waals surface area (Å²) in [4.78, 5) is 16.1. The summed E-state index contributed by atoms with van der Waals surface area (Å²) in [7, 11) is 0. The van der Waals surface area contributed by atoms with Crippen LogP contribution in [0.1, 0.15) is 36.7 Å². The van der Waals surface area contributed by atoms with Crippen molar-refractivity contribution in [3.63, 3.8) is 0 Å². The van der Waals surface area contributed by atoms with Crippen LogP contribution in [0.15, 0.2) is 54.6 Å². The molecule has 0 spiro atoms. The number of pyridine rings is 1. The number of benzene rings is 1. The second-order valence-corrected chi connectivity index (χ2v) is 7.03. The molecule has 0 saturated heterocycles. The van der Waals surface area contributed by atoms with Crippen LogP contribution in [0.4, 0.5) is 0 Å². The minimum atomic E-state index is -1.05. The number of nitrogens with zero attached hydrogens (tertiary/aromatic N) is 3. The van der Waals surface area contributed by atoms with Gasteiger partial charge in [-0.2, -0.15) is 5.26 Å². The van der Waals surface area contributed by atoms with Crippen molar-refractivity contribution in [3.8, 4) is 23.1 Å². The quantitative estimate of drug-likeness (QED) is 0.673. The molecular formula is C23H23N3O2. The first kappa shape index (κ1) is 19.4. The normalized spacial score (nSPS) is 12.9. The predicted octanol–water partition coefficient (Wildman–Crippen LogP) is 4.80. The van der Waals surface area contributed by atoms with Crippen LogP contribution in [0.2, 0.25) is 0 Å². The van der Waals surface area contributed by atoms with E-state index < -0.39 is 11.4 Å². The van der Waals surface area contributed by atoms with E-state index in [2.05, 4.69) is 22.8 Å². The summed E-state index contributed by atoms with van der Waals surface area (Å²) < 4.78 is 2.09. The molecule has 0 aliphatic carbocycles. The molecule has 2 aromatic heterocycles. The second-order valence-electron chi connectivity index (χ2n) is 7.03. The third-order valence-corrected chi connectivity index (χ3v) is 5.22. The van der Waals surface area contributed by atoms with Crippen molar-refractivity contribution in [3.05, 3.63) is 71.5 Å². The Morgan fingerprint density at radius 1 is 1.14 bits per heavy atom. The van der Waals surface area contributed by atoms with E-state index in [0.29, 0.717) is 12.0 Å². The van der Waals surface area contributed by atoms with Crippen molar-refractivity contribution in [2.75, 3.05) is 0 Å². The molecule has 2 heterocycles. The van der Waals surface area contributed by atoms with Gasteiger partial charge in [0, 0.05) is 17.0 Å². The van der Waals surface area contributed by atoms with Crippen LogP contribution in [0.25, 0.3) is 17.1 Å². The highest BCUT2D eigenvalue weighted by Crippen LogP contribution is 2.33. The molecule has 3 rings (SSSR count). The van der Waals surface area contributed by atoms with E-state index in [0.717, 1.165) is 28.5 Å². The summed E-state index contributed by atoms with van der Waals surface area (Å²) in [6.07, 6.45) is 0.202. The van der Waals surface area contributed by atoms with Gasteiger partial charge in [0.25, 0.3) is 0 Å². The number of carboxylic acid groups (broad SMARTS) is 1. The Morgan fingerprint density at radius 3 is 2.43 bits per heavy atom. The number of aryl methyl sites for hydroxylation is 2. The van der Waals surface area contributed by atoms with Crippen molar-refractivity contribution >= 4 is 5.97 Å². The van der Waals surface area contributed by atoms with Gasteiger partial charge in [-0.15, -0.1) is 0 Å². The van der Waals surface area contributed by atoms with Crippen LogP contribution in [0, 0.1) is 25.2 Å². The monoisotopic (exact) mass is 373 g/mol. The number of hydrogen-bond donors (Lipinski definition) is 1. The molecule has 5 nitrogen and oxygen atoms in total. The highest BCUT2D eigenvalue weighted by molar-refractivity contribution is 5.71. The van der Waals surface area contributed by atoms with Crippen LogP contribution in [0.3, 0.4) is 0 Å². The number of hydrogen-bond acceptors (Lipinski definition) is 3. The Labute approximate surface area is 164 Å². The zero-order chi connectivity index (χ0) is 20.3. The number of rotatable bonds is 6. The van der Waals surface area contributed by atoms with Crippen molar-refractivity contribution < 1.29 is 9.90 Å². The van der Waals surface area contributed by atoms with Gasteiger partial charge in [-0.25, -0.2) is 4.98 Å². The highest BCUT2D eigenvalue weighted by atomic mass is 16.4. The summed E-state index contributed by atoms with van der Waals surface area (Å²) in [6.45, 7) is 5.92. The number of aromatic nitrogens is 2. The lowest BCUT2D eigenvalue weighted by molar-refractivity contribution is -0.138. The average Bonchev–Trinajstić information content (AvgIpc) is 3.04. The lowest BCUT2D eigenvalue weighted by Crippen LogP contribution is -2.26. The molecule has 3 aromatic rings. The molecule has 0 radical (unpaired) electrons. The first-order valence-electron chi connectivity index (χ1n) is 9.26. The van der Waals surface area contributed by atoms with Gasteiger partial charge >= 0.3 is 5.97 Å². The van der Waals surface area contributed by atoms with Crippen molar-refractivity contribution in [1.82, 2.24) is 9.55 Å². The van der Waals surface area contributed by atoms with Gasteiger partial charge in [-0.05, 0) is 56.2 Å². The molecule has 0 aliphatic heterocycles. The molecule has 0 saturated carbocycles. The van der Waals surface area contributed by atoms with Gasteiger partial charge in [0.05, 0.1) is 23.6 Å². The third kappa shape index (κ3) is 3.54. The fourth-order valence-electron chi connectivity index (χ4n) is 3.59. The summed E-state index contributed by atoms with van der Waals surface area (Å²) in [6, 6.07) is 19.7. The maximum absolute atomic E-state index is 11.3. The number of carbonyl (C=O) groups is 1. The van der Waals surface area contributed by atoms with Gasteiger partial charge in [0.2, 0.25) is 0 Å². The number of nitriles is 1. The minimum absolute atomic E-state index is 0.224. The second kappa shape index (κ2) is 7.69. The molecule has 142 valence electrons. The molecule has 1 unspecified atom stereocenters. The predicted molar refractivity (Wildman–Crippen MR) is 108 cm³/mol.